The average molecular weight is 524 g/mol. The number of nitrogens with zero attached hydrogens (tertiary/aromatic N) is 2. The largest absolute Gasteiger partial charge is 0.497 e. The Morgan fingerprint density at radius 3 is 2.19 bits per heavy atom. The van der Waals surface area contributed by atoms with Crippen LogP contribution in [0.2, 0.25) is 0 Å². The lowest BCUT2D eigenvalue weighted by molar-refractivity contribution is -0.140. The van der Waals surface area contributed by atoms with Gasteiger partial charge in [0.25, 0.3) is 0 Å². The molecule has 2 aromatic carbocycles. The zero-order valence-corrected chi connectivity index (χ0v) is 22.3. The Kier molecular flexibility index (Phi) is 10.1. The van der Waals surface area contributed by atoms with Crippen LogP contribution in [0.4, 0.5) is 10.1 Å². The summed E-state index contributed by atoms with van der Waals surface area (Å²) in [6, 6.07) is 9.12. The van der Waals surface area contributed by atoms with Crippen LogP contribution in [0, 0.1) is 5.82 Å². The maximum atomic E-state index is 13.7. The number of hydrogen-bond donors (Lipinski definition) is 1. The second kappa shape index (κ2) is 12.6. The van der Waals surface area contributed by atoms with Crippen molar-refractivity contribution in [3.8, 4) is 11.5 Å². The first-order valence-corrected chi connectivity index (χ1v) is 13.3. The molecule has 11 heteroatoms. The quantitative estimate of drug-likeness (QED) is 0.459. The molecule has 0 aliphatic rings. The van der Waals surface area contributed by atoms with Gasteiger partial charge in [-0.1, -0.05) is 19.1 Å². The number of hydrogen-bond acceptors (Lipinski definition) is 6. The molecule has 0 aromatic heterocycles. The summed E-state index contributed by atoms with van der Waals surface area (Å²) in [5, 5.41) is 2.81. The first-order chi connectivity index (χ1) is 16.9. The summed E-state index contributed by atoms with van der Waals surface area (Å²) in [6.07, 6.45) is 1.26. The van der Waals surface area contributed by atoms with Gasteiger partial charge in [0.05, 0.1) is 26.2 Å². The normalized spacial score (nSPS) is 12.1. The molecule has 2 rings (SSSR count). The molecule has 2 amide bonds. The van der Waals surface area contributed by atoms with E-state index >= 15 is 0 Å². The zero-order valence-electron chi connectivity index (χ0n) is 21.4. The van der Waals surface area contributed by atoms with Crippen molar-refractivity contribution >= 4 is 27.5 Å². The standard InChI is InChI=1S/C25H34FN3O6S/c1-7-21(25(31)27-17(2)3)28(15-18-8-10-19(26)11-9-18)24(30)16-29(36(6,32)33)22-14-20(34-4)12-13-23(22)35-5/h8-14,17,21H,7,15-16H2,1-6H3,(H,27,31)/t21-/m1/s1. The second-order valence-electron chi connectivity index (χ2n) is 8.54. The van der Waals surface area contributed by atoms with Crippen LogP contribution in [-0.4, -0.2) is 64.2 Å². The summed E-state index contributed by atoms with van der Waals surface area (Å²) in [6.45, 7) is 4.76. The number of nitrogens with one attached hydrogen (secondary N) is 1. The molecule has 0 aliphatic carbocycles. The zero-order chi connectivity index (χ0) is 27.0. The molecule has 9 nitrogen and oxygen atoms in total. The van der Waals surface area contributed by atoms with E-state index in [9.17, 15) is 22.4 Å². The van der Waals surface area contributed by atoms with Crippen molar-refractivity contribution in [3.63, 3.8) is 0 Å². The molecule has 1 N–H and O–H groups in total. The highest BCUT2D eigenvalue weighted by Crippen LogP contribution is 2.34. The fraction of sp³-hybridized carbons (Fsp3) is 0.440. The molecule has 0 fully saturated rings. The lowest BCUT2D eigenvalue weighted by Crippen LogP contribution is -2.53. The molecule has 0 heterocycles. The summed E-state index contributed by atoms with van der Waals surface area (Å²) in [5.74, 6) is -0.815. The van der Waals surface area contributed by atoms with Gasteiger partial charge in [0, 0.05) is 18.7 Å². The number of benzene rings is 2. The molecule has 0 unspecified atom stereocenters. The molecule has 1 atom stereocenters. The first kappa shape index (κ1) is 28.9. The van der Waals surface area contributed by atoms with Crippen LogP contribution >= 0.6 is 0 Å². The van der Waals surface area contributed by atoms with E-state index in [0.29, 0.717) is 11.3 Å². The molecule has 0 saturated heterocycles. The van der Waals surface area contributed by atoms with Gasteiger partial charge in [-0.3, -0.25) is 13.9 Å². The van der Waals surface area contributed by atoms with Gasteiger partial charge in [-0.15, -0.1) is 0 Å². The van der Waals surface area contributed by atoms with Gasteiger partial charge in [-0.05, 0) is 50.1 Å². The van der Waals surface area contributed by atoms with Crippen molar-refractivity contribution in [2.24, 2.45) is 0 Å². The maximum Gasteiger partial charge on any atom is 0.244 e. The molecular formula is C25H34FN3O6S. The Bertz CT molecular complexity index is 1150. The van der Waals surface area contributed by atoms with E-state index in [1.807, 2.05) is 0 Å². The molecule has 198 valence electrons. The van der Waals surface area contributed by atoms with Crippen LogP contribution in [0.5, 0.6) is 11.5 Å². The number of methoxy groups -OCH3 is 2. The minimum Gasteiger partial charge on any atom is -0.497 e. The molecule has 2 aromatic rings. The fourth-order valence-electron chi connectivity index (χ4n) is 3.67. The van der Waals surface area contributed by atoms with Gasteiger partial charge in [0.2, 0.25) is 21.8 Å². The number of halogens is 1. The van der Waals surface area contributed by atoms with E-state index in [1.165, 1.54) is 55.5 Å². The van der Waals surface area contributed by atoms with Gasteiger partial charge in [-0.25, -0.2) is 12.8 Å². The van der Waals surface area contributed by atoms with E-state index in [-0.39, 0.29) is 36.4 Å². The summed E-state index contributed by atoms with van der Waals surface area (Å²) >= 11 is 0. The van der Waals surface area contributed by atoms with Gasteiger partial charge < -0.3 is 19.7 Å². The minimum atomic E-state index is -3.95. The highest BCUT2D eigenvalue weighted by Gasteiger charge is 2.33. The van der Waals surface area contributed by atoms with Crippen molar-refractivity contribution in [1.82, 2.24) is 10.2 Å². The summed E-state index contributed by atoms with van der Waals surface area (Å²) in [5.41, 5.74) is 0.708. The number of sulfonamides is 1. The van der Waals surface area contributed by atoms with Gasteiger partial charge in [0.15, 0.2) is 0 Å². The number of carbonyl (C=O) groups is 2. The highest BCUT2D eigenvalue weighted by molar-refractivity contribution is 7.92. The predicted octanol–water partition coefficient (Wildman–Crippen LogP) is 2.94. The van der Waals surface area contributed by atoms with E-state index in [4.69, 9.17) is 9.47 Å². The van der Waals surface area contributed by atoms with Crippen LogP contribution in [0.25, 0.3) is 0 Å². The third kappa shape index (κ3) is 7.58. The second-order valence-corrected chi connectivity index (χ2v) is 10.4. The van der Waals surface area contributed by atoms with Crippen molar-refractivity contribution in [2.75, 3.05) is 31.3 Å². The highest BCUT2D eigenvalue weighted by atomic mass is 32.2. The molecule has 36 heavy (non-hydrogen) atoms. The van der Waals surface area contributed by atoms with Crippen LogP contribution in [0.3, 0.4) is 0 Å². The number of rotatable bonds is 12. The Balaban J connectivity index is 2.52. The lowest BCUT2D eigenvalue weighted by atomic mass is 10.1. The van der Waals surface area contributed by atoms with Crippen LogP contribution in [0.15, 0.2) is 42.5 Å². The van der Waals surface area contributed by atoms with E-state index in [1.54, 1.807) is 26.8 Å². The smallest absolute Gasteiger partial charge is 0.244 e. The van der Waals surface area contributed by atoms with E-state index < -0.39 is 34.3 Å². The van der Waals surface area contributed by atoms with Crippen LogP contribution < -0.4 is 19.1 Å². The fourth-order valence-corrected chi connectivity index (χ4v) is 4.52. The molecular weight excluding hydrogens is 489 g/mol. The van der Waals surface area contributed by atoms with E-state index in [0.717, 1.165) is 10.6 Å². The van der Waals surface area contributed by atoms with Crippen molar-refractivity contribution < 1.29 is 31.9 Å². The van der Waals surface area contributed by atoms with Crippen molar-refractivity contribution in [3.05, 3.63) is 53.8 Å². The third-order valence-electron chi connectivity index (χ3n) is 5.42. The summed E-state index contributed by atoms with van der Waals surface area (Å²) in [7, 11) is -1.13. The Labute approximate surface area is 212 Å². The molecule has 0 saturated carbocycles. The van der Waals surface area contributed by atoms with Gasteiger partial charge in [-0.2, -0.15) is 0 Å². The molecule has 0 bridgehead atoms. The van der Waals surface area contributed by atoms with Crippen molar-refractivity contribution in [2.45, 2.75) is 45.8 Å². The minimum absolute atomic E-state index is 0.0179. The van der Waals surface area contributed by atoms with Gasteiger partial charge in [0.1, 0.15) is 29.9 Å². The number of ether oxygens (including phenoxy) is 2. The van der Waals surface area contributed by atoms with E-state index in [2.05, 4.69) is 5.32 Å². The Hall–Kier alpha value is -3.34. The third-order valence-corrected chi connectivity index (χ3v) is 6.54. The number of carbonyl (C=O) groups excluding carboxylic acids is 2. The van der Waals surface area contributed by atoms with Crippen molar-refractivity contribution in [1.29, 1.82) is 0 Å². The predicted molar refractivity (Wildman–Crippen MR) is 136 cm³/mol. The summed E-state index contributed by atoms with van der Waals surface area (Å²) in [4.78, 5) is 28.0. The Morgan fingerprint density at radius 1 is 1.06 bits per heavy atom. The SMILES string of the molecule is CC[C@H](C(=O)NC(C)C)N(Cc1ccc(F)cc1)C(=O)CN(c1cc(OC)ccc1OC)S(C)(=O)=O. The topological polar surface area (TPSA) is 105 Å². The molecule has 0 spiro atoms. The van der Waals surface area contributed by atoms with Crippen LogP contribution in [0.1, 0.15) is 32.8 Å². The Morgan fingerprint density at radius 2 is 1.69 bits per heavy atom. The maximum absolute atomic E-state index is 13.7. The average Bonchev–Trinajstić information content (AvgIpc) is 2.81. The summed E-state index contributed by atoms with van der Waals surface area (Å²) < 4.78 is 50.6. The number of amides is 2. The first-order valence-electron chi connectivity index (χ1n) is 11.4. The molecule has 0 radical (unpaired) electrons. The number of anilines is 1. The lowest BCUT2D eigenvalue weighted by Gasteiger charge is -2.33. The molecule has 0 aliphatic heterocycles. The van der Waals surface area contributed by atoms with Gasteiger partial charge >= 0.3 is 0 Å². The monoisotopic (exact) mass is 523 g/mol. The van der Waals surface area contributed by atoms with Crippen LogP contribution in [-0.2, 0) is 26.2 Å².